The molecule has 3 aromatic rings. The Bertz CT molecular complexity index is 1020. The Hall–Kier alpha value is -3.94. The van der Waals surface area contributed by atoms with Gasteiger partial charge < -0.3 is 18.9 Å². The van der Waals surface area contributed by atoms with E-state index in [1.54, 1.807) is 48.5 Å². The largest absolute Gasteiger partial charge is 0.497 e. The summed E-state index contributed by atoms with van der Waals surface area (Å²) in [5.41, 5.74) is 1.85. The smallest absolute Gasteiger partial charge is 0.305 e. The van der Waals surface area contributed by atoms with Gasteiger partial charge in [-0.25, -0.2) is 0 Å². The molecule has 0 saturated carbocycles. The fourth-order valence-electron chi connectivity index (χ4n) is 2.96. The van der Waals surface area contributed by atoms with E-state index in [1.165, 1.54) is 26.4 Å². The van der Waals surface area contributed by atoms with Crippen molar-refractivity contribution in [3.05, 3.63) is 85.3 Å². The monoisotopic (exact) mass is 446 g/mol. The van der Waals surface area contributed by atoms with Crippen molar-refractivity contribution in [2.75, 3.05) is 14.2 Å². The predicted molar refractivity (Wildman–Crippen MR) is 112 cm³/mol. The minimum Gasteiger partial charge on any atom is -0.497 e. The van der Waals surface area contributed by atoms with Gasteiger partial charge in [0.2, 0.25) is 0 Å². The maximum atomic E-state index is 12.7. The number of hydrogen-bond donors (Lipinski definition) is 0. The van der Waals surface area contributed by atoms with E-state index in [4.69, 9.17) is 18.9 Å². The van der Waals surface area contributed by atoms with Gasteiger partial charge in [0, 0.05) is 11.1 Å². The number of hydrogen-bond acceptors (Lipinski definition) is 4. The summed E-state index contributed by atoms with van der Waals surface area (Å²) in [5, 5.41) is 0. The average molecular weight is 446 g/mol. The van der Waals surface area contributed by atoms with Gasteiger partial charge in [0.25, 0.3) is 0 Å². The van der Waals surface area contributed by atoms with Crippen LogP contribution in [0.25, 0.3) is 22.3 Å². The summed E-state index contributed by atoms with van der Waals surface area (Å²) in [6.45, 7) is 0. The van der Waals surface area contributed by atoms with Crippen LogP contribution in [0.15, 0.2) is 85.3 Å². The summed E-state index contributed by atoms with van der Waals surface area (Å²) < 4.78 is 71.6. The van der Waals surface area contributed by atoms with Crippen molar-refractivity contribution in [3.63, 3.8) is 0 Å². The molecule has 0 spiro atoms. The molecule has 0 heterocycles. The Morgan fingerprint density at radius 3 is 1.22 bits per heavy atom. The zero-order valence-electron chi connectivity index (χ0n) is 17.1. The number of halogens is 4. The van der Waals surface area contributed by atoms with E-state index in [0.717, 1.165) is 0 Å². The molecular weight excluding hydrogens is 428 g/mol. The summed E-state index contributed by atoms with van der Waals surface area (Å²) in [7, 11) is 3.01. The summed E-state index contributed by atoms with van der Waals surface area (Å²) in [5.74, 6) is 1.32. The molecule has 0 aliphatic rings. The summed E-state index contributed by atoms with van der Waals surface area (Å²) in [6, 6.07) is 16.3. The molecule has 0 fully saturated rings. The summed E-state index contributed by atoms with van der Waals surface area (Å²) >= 11 is 0. The molecule has 0 atom stereocenters. The van der Waals surface area contributed by atoms with E-state index in [2.05, 4.69) is 0 Å². The van der Waals surface area contributed by atoms with Crippen molar-refractivity contribution in [2.24, 2.45) is 0 Å². The molecule has 0 aliphatic heterocycles. The number of rotatable bonds is 8. The van der Waals surface area contributed by atoms with Crippen molar-refractivity contribution in [2.45, 2.75) is 0 Å². The van der Waals surface area contributed by atoms with Gasteiger partial charge in [0.15, 0.2) is 12.5 Å². The minimum atomic E-state index is -2.03. The molecule has 0 aliphatic carbocycles. The fourth-order valence-corrected chi connectivity index (χ4v) is 2.96. The van der Waals surface area contributed by atoms with Gasteiger partial charge in [-0.1, -0.05) is 24.3 Å². The van der Waals surface area contributed by atoms with Crippen molar-refractivity contribution < 1.29 is 36.5 Å². The summed E-state index contributed by atoms with van der Waals surface area (Å²) in [6.07, 6.45) is -3.44. The average Bonchev–Trinajstić information content (AvgIpc) is 2.81. The Kier molecular flexibility index (Phi) is 7.38. The summed E-state index contributed by atoms with van der Waals surface area (Å²) in [4.78, 5) is 0. The van der Waals surface area contributed by atoms with Crippen LogP contribution in [0.4, 0.5) is 17.6 Å². The van der Waals surface area contributed by atoms with Crippen LogP contribution in [-0.2, 0) is 0 Å². The van der Waals surface area contributed by atoms with E-state index < -0.39 is 12.2 Å². The molecule has 4 nitrogen and oxygen atoms in total. The molecule has 0 amide bonds. The van der Waals surface area contributed by atoms with Crippen LogP contribution in [0.2, 0.25) is 0 Å². The van der Waals surface area contributed by atoms with Gasteiger partial charge >= 0.3 is 12.2 Å². The van der Waals surface area contributed by atoms with E-state index in [0.29, 0.717) is 46.3 Å². The minimum absolute atomic E-state index is 0.0748. The zero-order valence-corrected chi connectivity index (χ0v) is 17.1. The molecule has 0 radical (unpaired) electrons. The molecule has 0 N–H and O–H groups in total. The van der Waals surface area contributed by atoms with Crippen LogP contribution in [0.5, 0.6) is 23.0 Å². The molecule has 0 unspecified atom stereocenters. The van der Waals surface area contributed by atoms with Crippen LogP contribution in [0.1, 0.15) is 0 Å². The highest BCUT2D eigenvalue weighted by atomic mass is 19.3. The van der Waals surface area contributed by atoms with Gasteiger partial charge in [-0.05, 0) is 47.5 Å². The number of methoxy groups -OCH3 is 2. The van der Waals surface area contributed by atoms with Gasteiger partial charge in [0.1, 0.15) is 23.0 Å². The highest BCUT2D eigenvalue weighted by Gasteiger charge is 2.16. The lowest BCUT2D eigenvalue weighted by Crippen LogP contribution is -1.94. The fraction of sp³-hybridized carbons (Fsp3) is 0.0833. The Morgan fingerprint density at radius 1 is 0.594 bits per heavy atom. The highest BCUT2D eigenvalue weighted by molar-refractivity contribution is 5.81. The first-order valence-corrected chi connectivity index (χ1v) is 9.24. The molecular formula is C24H18F4O4. The van der Waals surface area contributed by atoms with Crippen LogP contribution in [0, 0.1) is 0 Å². The maximum Gasteiger partial charge on any atom is 0.305 e. The lowest BCUT2D eigenvalue weighted by Gasteiger charge is -2.16. The second-order valence-electron chi connectivity index (χ2n) is 6.35. The highest BCUT2D eigenvalue weighted by Crippen LogP contribution is 2.42. The molecule has 166 valence electrons. The molecule has 32 heavy (non-hydrogen) atoms. The van der Waals surface area contributed by atoms with E-state index in [9.17, 15) is 17.6 Å². The van der Waals surface area contributed by atoms with Gasteiger partial charge in [-0.2, -0.15) is 17.6 Å². The van der Waals surface area contributed by atoms with Crippen molar-refractivity contribution in [1.29, 1.82) is 0 Å². The normalized spacial score (nSPS) is 10.2. The Balaban J connectivity index is 2.20. The quantitative estimate of drug-likeness (QED) is 0.269. The van der Waals surface area contributed by atoms with Crippen LogP contribution < -0.4 is 18.9 Å². The van der Waals surface area contributed by atoms with E-state index in [-0.39, 0.29) is 11.5 Å². The van der Waals surface area contributed by atoms with Crippen LogP contribution in [-0.4, -0.2) is 14.2 Å². The van der Waals surface area contributed by atoms with Crippen LogP contribution in [0.3, 0.4) is 0 Å². The van der Waals surface area contributed by atoms with E-state index in [1.807, 2.05) is 0 Å². The lowest BCUT2D eigenvalue weighted by atomic mass is 9.97. The van der Waals surface area contributed by atoms with Gasteiger partial charge in [-0.3, -0.25) is 0 Å². The Morgan fingerprint density at radius 2 is 0.938 bits per heavy atom. The first-order chi connectivity index (χ1) is 15.4. The predicted octanol–water partition coefficient (Wildman–Crippen LogP) is 7.27. The lowest BCUT2D eigenvalue weighted by molar-refractivity contribution is 0.362. The maximum absolute atomic E-state index is 12.7. The third-order valence-corrected chi connectivity index (χ3v) is 4.43. The second kappa shape index (κ2) is 10.4. The van der Waals surface area contributed by atoms with Gasteiger partial charge in [0.05, 0.1) is 14.2 Å². The molecule has 3 aromatic carbocycles. The molecule has 0 saturated heterocycles. The molecule has 0 bridgehead atoms. The first kappa shape index (κ1) is 22.7. The zero-order chi connectivity index (χ0) is 23.1. The third kappa shape index (κ3) is 5.60. The van der Waals surface area contributed by atoms with Crippen molar-refractivity contribution in [3.8, 4) is 45.3 Å². The molecule has 0 aromatic heterocycles. The van der Waals surface area contributed by atoms with Crippen LogP contribution >= 0.6 is 0 Å². The first-order valence-electron chi connectivity index (χ1n) is 9.24. The van der Waals surface area contributed by atoms with Gasteiger partial charge in [-0.15, -0.1) is 0 Å². The number of benzene rings is 3. The molecule has 3 rings (SSSR count). The Labute approximate surface area is 181 Å². The molecule has 8 heteroatoms. The standard InChI is InChI=1S/C24H18F4O4/c1-29-17-7-3-15(4-8-17)19-11-22(32-14-24(27)28)20(12-21(19)31-13-23(25)26)16-5-9-18(30-2)10-6-16/h3-14H,1-2H3. The van der Waals surface area contributed by atoms with Crippen molar-refractivity contribution in [1.82, 2.24) is 0 Å². The third-order valence-electron chi connectivity index (χ3n) is 4.43. The van der Waals surface area contributed by atoms with Crippen molar-refractivity contribution >= 4 is 0 Å². The SMILES string of the molecule is COc1ccc(-c2cc(OC=C(F)F)c(-c3ccc(OC)cc3)cc2OC=C(F)F)cc1. The number of ether oxygens (including phenoxy) is 4. The van der Waals surface area contributed by atoms with E-state index >= 15 is 0 Å². The second-order valence-corrected chi connectivity index (χ2v) is 6.35. The topological polar surface area (TPSA) is 36.9 Å².